The predicted molar refractivity (Wildman–Crippen MR) is 85.0 cm³/mol. The first-order valence-electron chi connectivity index (χ1n) is 8.17. The number of carboxylic acids is 2. The minimum absolute atomic E-state index is 0.156. The molecule has 2 amide bonds. The molecule has 5 atom stereocenters. The molecule has 1 aliphatic rings. The van der Waals surface area contributed by atoms with Gasteiger partial charge < -0.3 is 20.8 Å². The number of hydrogen-bond acceptors (Lipinski definition) is 4. The zero-order valence-corrected chi connectivity index (χ0v) is 14.2. The molecule has 0 heterocycles. The lowest BCUT2D eigenvalue weighted by Gasteiger charge is -2.36. The number of hydrogen-bond donors (Lipinski definition) is 4. The van der Waals surface area contributed by atoms with E-state index < -0.39 is 47.4 Å². The van der Waals surface area contributed by atoms with E-state index >= 15 is 0 Å². The summed E-state index contributed by atoms with van der Waals surface area (Å²) >= 11 is 0. The zero-order valence-electron chi connectivity index (χ0n) is 14.2. The molecule has 0 spiro atoms. The first-order valence-corrected chi connectivity index (χ1v) is 8.17. The fourth-order valence-electron chi connectivity index (χ4n) is 3.07. The maximum atomic E-state index is 12.4. The van der Waals surface area contributed by atoms with Crippen LogP contribution in [0.5, 0.6) is 0 Å². The molecule has 0 aromatic heterocycles. The van der Waals surface area contributed by atoms with Crippen LogP contribution in [-0.4, -0.2) is 47.6 Å². The van der Waals surface area contributed by atoms with Crippen molar-refractivity contribution in [2.75, 3.05) is 13.6 Å². The van der Waals surface area contributed by atoms with Crippen LogP contribution >= 0.6 is 0 Å². The maximum absolute atomic E-state index is 12.4. The summed E-state index contributed by atoms with van der Waals surface area (Å²) in [6.07, 6.45) is 0.550. The van der Waals surface area contributed by atoms with E-state index in [1.54, 1.807) is 0 Å². The minimum atomic E-state index is -1.19. The molecule has 1 saturated carbocycles. The fraction of sp³-hybridized carbons (Fsp3) is 0.750. The van der Waals surface area contributed by atoms with Crippen LogP contribution in [0.4, 0.5) is 0 Å². The highest BCUT2D eigenvalue weighted by Crippen LogP contribution is 2.39. The quantitative estimate of drug-likeness (QED) is 0.527. The molecule has 4 N–H and O–H groups in total. The minimum Gasteiger partial charge on any atom is -0.481 e. The average molecular weight is 342 g/mol. The molecular formula is C16H26N2O6. The summed E-state index contributed by atoms with van der Waals surface area (Å²) < 4.78 is 0. The van der Waals surface area contributed by atoms with Crippen molar-refractivity contribution in [2.45, 2.75) is 33.1 Å². The van der Waals surface area contributed by atoms with Gasteiger partial charge in [0.2, 0.25) is 11.8 Å². The largest absolute Gasteiger partial charge is 0.481 e. The van der Waals surface area contributed by atoms with E-state index in [0.717, 1.165) is 6.42 Å². The van der Waals surface area contributed by atoms with E-state index in [1.165, 1.54) is 7.05 Å². The molecule has 0 aromatic carbocycles. The van der Waals surface area contributed by atoms with Crippen molar-refractivity contribution in [3.8, 4) is 0 Å². The molecule has 0 aliphatic heterocycles. The van der Waals surface area contributed by atoms with Crippen molar-refractivity contribution in [3.05, 3.63) is 0 Å². The Bertz CT molecular complexity index is 507. The van der Waals surface area contributed by atoms with Gasteiger partial charge in [0, 0.05) is 13.6 Å². The van der Waals surface area contributed by atoms with E-state index in [0.29, 0.717) is 6.54 Å². The SMILES string of the molecule is CCC(C)CNC(=O)C1CC(C(=O)O)C(C(=O)NC)CC1C(=O)O. The van der Waals surface area contributed by atoms with Crippen molar-refractivity contribution in [1.29, 1.82) is 0 Å². The Balaban J connectivity index is 2.97. The van der Waals surface area contributed by atoms with Gasteiger partial charge in [-0.2, -0.15) is 0 Å². The summed E-state index contributed by atoms with van der Waals surface area (Å²) in [7, 11) is 1.38. The van der Waals surface area contributed by atoms with Crippen LogP contribution in [0, 0.1) is 29.6 Å². The van der Waals surface area contributed by atoms with Gasteiger partial charge >= 0.3 is 11.9 Å². The van der Waals surface area contributed by atoms with Crippen molar-refractivity contribution in [3.63, 3.8) is 0 Å². The third-order valence-electron chi connectivity index (χ3n) is 4.86. The number of rotatable bonds is 7. The Morgan fingerprint density at radius 3 is 1.79 bits per heavy atom. The van der Waals surface area contributed by atoms with Crippen molar-refractivity contribution < 1.29 is 29.4 Å². The second-order valence-corrected chi connectivity index (χ2v) is 6.45. The fourth-order valence-corrected chi connectivity index (χ4v) is 3.07. The third-order valence-corrected chi connectivity index (χ3v) is 4.86. The zero-order chi connectivity index (χ0) is 18.4. The van der Waals surface area contributed by atoms with Crippen LogP contribution in [0.15, 0.2) is 0 Å². The molecular weight excluding hydrogens is 316 g/mol. The Hall–Kier alpha value is -2.12. The average Bonchev–Trinajstić information content (AvgIpc) is 2.56. The maximum Gasteiger partial charge on any atom is 0.307 e. The first kappa shape index (κ1) is 19.9. The molecule has 136 valence electrons. The second-order valence-electron chi connectivity index (χ2n) is 6.45. The Kier molecular flexibility index (Phi) is 7.18. The first-order chi connectivity index (χ1) is 11.2. The van der Waals surface area contributed by atoms with Crippen LogP contribution in [-0.2, 0) is 19.2 Å². The van der Waals surface area contributed by atoms with Crippen molar-refractivity contribution >= 4 is 23.8 Å². The molecule has 5 unspecified atom stereocenters. The van der Waals surface area contributed by atoms with Gasteiger partial charge in [-0.25, -0.2) is 0 Å². The number of carbonyl (C=O) groups excluding carboxylic acids is 2. The van der Waals surface area contributed by atoms with Crippen LogP contribution < -0.4 is 10.6 Å². The standard InChI is InChI=1S/C16H26N2O6/c1-4-8(2)7-18-14(20)10-6-11(15(21)22)9(13(19)17-3)5-12(10)16(23)24/h8-12H,4-7H2,1-3H3,(H,17,19)(H,18,20)(H,21,22)(H,23,24). The highest BCUT2D eigenvalue weighted by atomic mass is 16.4. The Morgan fingerprint density at radius 1 is 0.958 bits per heavy atom. The van der Waals surface area contributed by atoms with Crippen molar-refractivity contribution in [1.82, 2.24) is 10.6 Å². The van der Waals surface area contributed by atoms with E-state index in [4.69, 9.17) is 0 Å². The van der Waals surface area contributed by atoms with Gasteiger partial charge in [-0.05, 0) is 18.8 Å². The normalized spacial score (nSPS) is 27.8. The molecule has 0 aromatic rings. The van der Waals surface area contributed by atoms with Crippen LogP contribution in [0.3, 0.4) is 0 Å². The van der Waals surface area contributed by atoms with Crippen molar-refractivity contribution in [2.24, 2.45) is 29.6 Å². The van der Waals surface area contributed by atoms with Gasteiger partial charge in [-0.1, -0.05) is 20.3 Å². The number of aliphatic carboxylic acids is 2. The second kappa shape index (κ2) is 8.65. The van der Waals surface area contributed by atoms with Crippen LogP contribution in [0.25, 0.3) is 0 Å². The van der Waals surface area contributed by atoms with Crippen LogP contribution in [0.1, 0.15) is 33.1 Å². The summed E-state index contributed by atoms with van der Waals surface area (Å²) in [6.45, 7) is 4.35. The molecule has 8 heteroatoms. The van der Waals surface area contributed by atoms with E-state index in [9.17, 15) is 29.4 Å². The lowest BCUT2D eigenvalue weighted by Crippen LogP contribution is -2.49. The summed E-state index contributed by atoms with van der Waals surface area (Å²) in [5, 5.41) is 23.9. The van der Waals surface area contributed by atoms with Gasteiger partial charge in [0.05, 0.1) is 23.7 Å². The number of nitrogens with one attached hydrogen (secondary N) is 2. The smallest absolute Gasteiger partial charge is 0.307 e. The van der Waals surface area contributed by atoms with E-state index in [1.807, 2.05) is 13.8 Å². The van der Waals surface area contributed by atoms with Gasteiger partial charge in [-0.15, -0.1) is 0 Å². The lowest BCUT2D eigenvalue weighted by molar-refractivity contribution is -0.159. The van der Waals surface area contributed by atoms with Gasteiger partial charge in [-0.3, -0.25) is 19.2 Å². The highest BCUT2D eigenvalue weighted by molar-refractivity contribution is 5.89. The number of carbonyl (C=O) groups is 4. The van der Waals surface area contributed by atoms with E-state index in [2.05, 4.69) is 10.6 Å². The number of amides is 2. The molecule has 0 radical (unpaired) electrons. The summed E-state index contributed by atoms with van der Waals surface area (Å²) in [4.78, 5) is 47.3. The van der Waals surface area contributed by atoms with Gasteiger partial charge in [0.1, 0.15) is 0 Å². The molecule has 8 nitrogen and oxygen atoms in total. The Labute approximate surface area is 141 Å². The number of carboxylic acid groups (broad SMARTS) is 2. The summed E-state index contributed by atoms with van der Waals surface area (Å²) in [6, 6.07) is 0. The molecule has 0 bridgehead atoms. The molecule has 1 aliphatic carbocycles. The molecule has 24 heavy (non-hydrogen) atoms. The highest BCUT2D eigenvalue weighted by Gasteiger charge is 2.48. The topological polar surface area (TPSA) is 133 Å². The summed E-state index contributed by atoms with van der Waals surface area (Å²) in [5.41, 5.74) is 0. The molecule has 0 saturated heterocycles. The summed E-state index contributed by atoms with van der Waals surface area (Å²) in [5.74, 6) is -7.13. The molecule has 1 fully saturated rings. The predicted octanol–water partition coefficient (Wildman–Crippen LogP) is 0.323. The third kappa shape index (κ3) is 4.69. The lowest BCUT2D eigenvalue weighted by atomic mass is 9.67. The molecule has 1 rings (SSSR count). The monoisotopic (exact) mass is 342 g/mol. The van der Waals surface area contributed by atoms with E-state index in [-0.39, 0.29) is 18.8 Å². The van der Waals surface area contributed by atoms with Gasteiger partial charge in [0.25, 0.3) is 0 Å². The van der Waals surface area contributed by atoms with Crippen LogP contribution in [0.2, 0.25) is 0 Å². The Morgan fingerprint density at radius 2 is 1.42 bits per heavy atom. The van der Waals surface area contributed by atoms with Gasteiger partial charge in [0.15, 0.2) is 0 Å².